The molecule has 2 heteroatoms. The molecule has 18 heavy (non-hydrogen) atoms. The molecule has 98 valence electrons. The first-order chi connectivity index (χ1) is 8.74. The van der Waals surface area contributed by atoms with Crippen LogP contribution >= 0.6 is 0 Å². The van der Waals surface area contributed by atoms with Crippen molar-refractivity contribution in [3.63, 3.8) is 0 Å². The van der Waals surface area contributed by atoms with Gasteiger partial charge in [0.05, 0.1) is 12.7 Å². The zero-order valence-electron chi connectivity index (χ0n) is 11.1. The van der Waals surface area contributed by atoms with Crippen LogP contribution in [-0.2, 0) is 11.2 Å². The van der Waals surface area contributed by atoms with Gasteiger partial charge in [0.1, 0.15) is 5.76 Å². The largest absolute Gasteiger partial charge is 0.494 e. The molecule has 1 aromatic rings. The average molecular weight is 246 g/mol. The van der Waals surface area contributed by atoms with E-state index in [9.17, 15) is 5.11 Å². The van der Waals surface area contributed by atoms with Crippen molar-refractivity contribution in [2.45, 2.75) is 45.1 Å². The van der Waals surface area contributed by atoms with Crippen molar-refractivity contribution in [2.24, 2.45) is 0 Å². The van der Waals surface area contributed by atoms with Gasteiger partial charge in [0, 0.05) is 5.56 Å². The van der Waals surface area contributed by atoms with Crippen LogP contribution in [0.4, 0.5) is 0 Å². The van der Waals surface area contributed by atoms with Crippen molar-refractivity contribution in [3.8, 4) is 0 Å². The third-order valence-corrected chi connectivity index (χ3v) is 3.55. The van der Waals surface area contributed by atoms with Crippen LogP contribution in [0.5, 0.6) is 0 Å². The molecule has 1 aliphatic rings. The summed E-state index contributed by atoms with van der Waals surface area (Å²) in [7, 11) is 0. The molecular weight excluding hydrogens is 224 g/mol. The molecule has 2 rings (SSSR count). The fourth-order valence-corrected chi connectivity index (χ4v) is 2.50. The molecule has 0 heterocycles. The van der Waals surface area contributed by atoms with Gasteiger partial charge >= 0.3 is 0 Å². The van der Waals surface area contributed by atoms with E-state index in [2.05, 4.69) is 13.5 Å². The molecule has 0 fully saturated rings. The summed E-state index contributed by atoms with van der Waals surface area (Å²) in [6, 6.07) is 6.05. The summed E-state index contributed by atoms with van der Waals surface area (Å²) in [4.78, 5) is 0. The van der Waals surface area contributed by atoms with Gasteiger partial charge < -0.3 is 9.84 Å². The van der Waals surface area contributed by atoms with Gasteiger partial charge in [0.25, 0.3) is 0 Å². The maximum Gasteiger partial charge on any atom is 0.119 e. The summed E-state index contributed by atoms with van der Waals surface area (Å²) in [6.45, 7) is 6.90. The summed E-state index contributed by atoms with van der Waals surface area (Å²) >= 11 is 0. The average Bonchev–Trinajstić information content (AvgIpc) is 2.39. The molecule has 0 aliphatic heterocycles. The monoisotopic (exact) mass is 246 g/mol. The summed E-state index contributed by atoms with van der Waals surface area (Å²) in [6.07, 6.45) is 4.76. The number of aliphatic hydroxyl groups excluding tert-OH is 1. The molecule has 0 saturated heterocycles. The Balaban J connectivity index is 2.18. The topological polar surface area (TPSA) is 29.5 Å². The third-order valence-electron chi connectivity index (χ3n) is 3.55. The van der Waals surface area contributed by atoms with Crippen LogP contribution in [0.1, 0.15) is 55.4 Å². The predicted molar refractivity (Wildman–Crippen MR) is 74.2 cm³/mol. The van der Waals surface area contributed by atoms with E-state index in [1.807, 2.05) is 18.2 Å². The van der Waals surface area contributed by atoms with E-state index < -0.39 is 0 Å². The van der Waals surface area contributed by atoms with Gasteiger partial charge in [-0.3, -0.25) is 0 Å². The highest BCUT2D eigenvalue weighted by atomic mass is 16.5. The number of rotatable bonds is 5. The first-order valence-corrected chi connectivity index (χ1v) is 6.86. The number of benzene rings is 1. The molecule has 1 N–H and O–H groups in total. The highest BCUT2D eigenvalue weighted by molar-refractivity contribution is 5.63. The van der Waals surface area contributed by atoms with Gasteiger partial charge in [-0.2, -0.15) is 0 Å². The predicted octanol–water partition coefficient (Wildman–Crippen LogP) is 3.84. The van der Waals surface area contributed by atoms with Gasteiger partial charge in [-0.05, 0) is 36.8 Å². The number of aliphatic hydroxyl groups is 1. The Morgan fingerprint density at radius 2 is 2.33 bits per heavy atom. The van der Waals surface area contributed by atoms with Gasteiger partial charge in [-0.1, -0.05) is 38.1 Å². The molecule has 1 atom stereocenters. The molecule has 1 aliphatic carbocycles. The molecule has 0 aromatic heterocycles. The Labute approximate surface area is 109 Å². The van der Waals surface area contributed by atoms with E-state index in [0.29, 0.717) is 0 Å². The highest BCUT2D eigenvalue weighted by Crippen LogP contribution is 2.34. The summed E-state index contributed by atoms with van der Waals surface area (Å²) < 4.78 is 5.69. The zero-order valence-corrected chi connectivity index (χ0v) is 11.1. The lowest BCUT2D eigenvalue weighted by molar-refractivity contribution is 0.156. The Hall–Kier alpha value is -1.28. The van der Waals surface area contributed by atoms with Crippen molar-refractivity contribution in [3.05, 3.63) is 41.5 Å². The molecule has 0 spiro atoms. The second-order valence-electron chi connectivity index (χ2n) is 4.91. The van der Waals surface area contributed by atoms with Crippen molar-refractivity contribution >= 4 is 5.76 Å². The van der Waals surface area contributed by atoms with Crippen LogP contribution in [0, 0.1) is 0 Å². The lowest BCUT2D eigenvalue weighted by Gasteiger charge is -2.24. The number of unbranched alkanes of at least 4 members (excludes halogenated alkanes) is 1. The van der Waals surface area contributed by atoms with Gasteiger partial charge in [-0.25, -0.2) is 0 Å². The Morgan fingerprint density at radius 3 is 3.11 bits per heavy atom. The zero-order chi connectivity index (χ0) is 13.0. The molecule has 0 unspecified atom stereocenters. The Kier molecular flexibility index (Phi) is 4.43. The first-order valence-electron chi connectivity index (χ1n) is 6.86. The van der Waals surface area contributed by atoms with Crippen molar-refractivity contribution in [1.82, 2.24) is 0 Å². The van der Waals surface area contributed by atoms with E-state index >= 15 is 0 Å². The second kappa shape index (κ2) is 6.05. The summed E-state index contributed by atoms with van der Waals surface area (Å²) in [5, 5.41) is 10.0. The number of ether oxygens (including phenoxy) is 1. The van der Waals surface area contributed by atoms with Crippen LogP contribution in [0.25, 0.3) is 5.76 Å². The lowest BCUT2D eigenvalue weighted by Crippen LogP contribution is -2.11. The van der Waals surface area contributed by atoms with Gasteiger partial charge in [0.2, 0.25) is 0 Å². The van der Waals surface area contributed by atoms with Crippen LogP contribution in [0.15, 0.2) is 24.8 Å². The first kappa shape index (κ1) is 13.2. The fraction of sp³-hybridized carbons (Fsp3) is 0.500. The maximum atomic E-state index is 10.0. The van der Waals surface area contributed by atoms with E-state index in [1.54, 1.807) is 0 Å². The SMILES string of the molecule is C=C(OCCCC)c1cccc2c1CCC[C@H]2O. The van der Waals surface area contributed by atoms with Crippen molar-refractivity contribution in [1.29, 1.82) is 0 Å². The fourth-order valence-electron chi connectivity index (χ4n) is 2.50. The van der Waals surface area contributed by atoms with Crippen LogP contribution < -0.4 is 0 Å². The smallest absolute Gasteiger partial charge is 0.119 e. The molecular formula is C16H22O2. The maximum absolute atomic E-state index is 10.0. The van der Waals surface area contributed by atoms with E-state index in [4.69, 9.17) is 4.74 Å². The van der Waals surface area contributed by atoms with E-state index in [0.717, 1.165) is 55.6 Å². The van der Waals surface area contributed by atoms with Crippen LogP contribution in [0.3, 0.4) is 0 Å². The minimum absolute atomic E-state index is 0.322. The Morgan fingerprint density at radius 1 is 1.50 bits per heavy atom. The number of fused-ring (bicyclic) bond motifs is 1. The number of hydrogen-bond acceptors (Lipinski definition) is 2. The van der Waals surface area contributed by atoms with Gasteiger partial charge in [-0.15, -0.1) is 0 Å². The minimum Gasteiger partial charge on any atom is -0.494 e. The van der Waals surface area contributed by atoms with Crippen LogP contribution in [-0.4, -0.2) is 11.7 Å². The molecule has 0 amide bonds. The quantitative estimate of drug-likeness (QED) is 0.631. The third kappa shape index (κ3) is 2.75. The van der Waals surface area contributed by atoms with Gasteiger partial charge in [0.15, 0.2) is 0 Å². The second-order valence-corrected chi connectivity index (χ2v) is 4.91. The normalized spacial score (nSPS) is 18.2. The van der Waals surface area contributed by atoms with E-state index in [1.165, 1.54) is 5.56 Å². The highest BCUT2D eigenvalue weighted by Gasteiger charge is 2.21. The minimum atomic E-state index is -0.322. The lowest BCUT2D eigenvalue weighted by atomic mass is 9.86. The van der Waals surface area contributed by atoms with E-state index in [-0.39, 0.29) is 6.10 Å². The molecule has 0 radical (unpaired) electrons. The molecule has 1 aromatic carbocycles. The van der Waals surface area contributed by atoms with Crippen LogP contribution in [0.2, 0.25) is 0 Å². The Bertz CT molecular complexity index is 423. The molecule has 0 bridgehead atoms. The molecule has 0 saturated carbocycles. The number of hydrogen-bond donors (Lipinski definition) is 1. The summed E-state index contributed by atoms with van der Waals surface area (Å²) in [5.41, 5.74) is 3.35. The van der Waals surface area contributed by atoms with Crippen molar-refractivity contribution < 1.29 is 9.84 Å². The standard InChI is InChI=1S/C16H22O2/c1-3-4-11-18-12(2)13-7-5-9-15-14(13)8-6-10-16(15)17/h5,7,9,16-17H,2-4,6,8,10-11H2,1H3/t16-/m1/s1. The molecule has 2 nitrogen and oxygen atoms in total. The summed E-state index contributed by atoms with van der Waals surface area (Å²) in [5.74, 6) is 0.745. The van der Waals surface area contributed by atoms with Crippen molar-refractivity contribution in [2.75, 3.05) is 6.61 Å².